The van der Waals surface area contributed by atoms with Gasteiger partial charge in [0.15, 0.2) is 0 Å². The van der Waals surface area contributed by atoms with Gasteiger partial charge >= 0.3 is 5.97 Å². The molecule has 0 radical (unpaired) electrons. The quantitative estimate of drug-likeness (QED) is 0.344. The monoisotopic (exact) mass is 500 g/mol. The minimum atomic E-state index is -1.17. The summed E-state index contributed by atoms with van der Waals surface area (Å²) in [5.74, 6) is -0.764. The van der Waals surface area contributed by atoms with Crippen molar-refractivity contribution in [3.63, 3.8) is 0 Å². The van der Waals surface area contributed by atoms with E-state index < -0.39 is 24.6 Å². The van der Waals surface area contributed by atoms with Crippen molar-refractivity contribution < 1.29 is 24.5 Å². The second-order valence-electron chi connectivity index (χ2n) is 9.02. The zero-order chi connectivity index (χ0) is 25.9. The first-order chi connectivity index (χ1) is 16.5. The number of aliphatic carboxylic acids is 1. The van der Waals surface area contributed by atoms with Crippen molar-refractivity contribution in [2.75, 3.05) is 0 Å². The molecule has 0 spiro atoms. The number of carboxylic acids is 1. The van der Waals surface area contributed by atoms with Gasteiger partial charge in [-0.05, 0) is 67.4 Å². The number of imidazole rings is 1. The molecular weight excluding hydrogens is 471 g/mol. The highest BCUT2D eigenvalue weighted by molar-refractivity contribution is 6.32. The van der Waals surface area contributed by atoms with Crippen LogP contribution in [0.5, 0.6) is 0 Å². The minimum Gasteiger partial charge on any atom is -0.481 e. The van der Waals surface area contributed by atoms with Crippen LogP contribution in [0.25, 0.3) is 28.7 Å². The van der Waals surface area contributed by atoms with E-state index in [4.69, 9.17) is 21.7 Å². The smallest absolute Gasteiger partial charge is 0.305 e. The van der Waals surface area contributed by atoms with Crippen LogP contribution in [0.15, 0.2) is 42.5 Å². The number of rotatable bonds is 9. The van der Waals surface area contributed by atoms with E-state index in [2.05, 4.69) is 0 Å². The molecule has 35 heavy (non-hydrogen) atoms. The van der Waals surface area contributed by atoms with Gasteiger partial charge in [0, 0.05) is 34.7 Å². The molecule has 2 atom stereocenters. The topological polar surface area (TPSA) is 95.6 Å². The highest BCUT2D eigenvalue weighted by atomic mass is 35.5. The van der Waals surface area contributed by atoms with E-state index in [0.29, 0.717) is 16.4 Å². The molecule has 0 aliphatic heterocycles. The number of benzene rings is 2. The number of nitrogens with zero attached hydrogens (tertiary/aromatic N) is 2. The van der Waals surface area contributed by atoms with Crippen LogP contribution < -0.4 is 0 Å². The van der Waals surface area contributed by atoms with Gasteiger partial charge in [0.05, 0.1) is 30.0 Å². The molecule has 2 aromatic carbocycles. The number of carbonyl (C=O) groups is 1. The van der Waals surface area contributed by atoms with Gasteiger partial charge in [-0.3, -0.25) is 4.79 Å². The maximum atomic E-state index is 13.7. The zero-order valence-corrected chi connectivity index (χ0v) is 20.9. The van der Waals surface area contributed by atoms with Gasteiger partial charge in [-0.1, -0.05) is 25.4 Å². The number of halogens is 2. The summed E-state index contributed by atoms with van der Waals surface area (Å²) in [5.41, 5.74) is 4.81. The standard InChI is InChI=1S/C27H30ClFN2O4/c1-15(2)27-30-25(19-11-16(3)24(28)17(4)12-19)26(18-5-7-20(29)8-6-18)31(27)10-9-21(32)13-22(33)14-23(34)35/h5-12,15,21-22,32-33H,13-14H2,1-4H3,(H,34,35)/b10-9+/t21-,22-/m1/s1. The second-order valence-corrected chi connectivity index (χ2v) is 9.40. The Morgan fingerprint density at radius 1 is 1.11 bits per heavy atom. The summed E-state index contributed by atoms with van der Waals surface area (Å²) in [5, 5.41) is 29.8. The first kappa shape index (κ1) is 26.6. The molecule has 0 unspecified atom stereocenters. The number of hydrogen-bond acceptors (Lipinski definition) is 4. The van der Waals surface area contributed by atoms with E-state index in [0.717, 1.165) is 28.1 Å². The Morgan fingerprint density at radius 2 is 1.71 bits per heavy atom. The van der Waals surface area contributed by atoms with Gasteiger partial charge in [-0.15, -0.1) is 0 Å². The molecule has 0 saturated carbocycles. The number of carboxylic acid groups (broad SMARTS) is 1. The first-order valence-corrected chi connectivity index (χ1v) is 11.8. The molecule has 0 bridgehead atoms. The van der Waals surface area contributed by atoms with E-state index in [9.17, 15) is 19.4 Å². The molecular formula is C27H30ClFN2O4. The highest BCUT2D eigenvalue weighted by Crippen LogP contribution is 2.37. The molecule has 1 aromatic heterocycles. The van der Waals surface area contributed by atoms with Crippen molar-refractivity contribution in [2.24, 2.45) is 0 Å². The van der Waals surface area contributed by atoms with Gasteiger partial charge in [0.1, 0.15) is 11.6 Å². The van der Waals surface area contributed by atoms with Crippen LogP contribution >= 0.6 is 11.6 Å². The minimum absolute atomic E-state index is 0.0110. The summed E-state index contributed by atoms with van der Waals surface area (Å²) in [4.78, 5) is 15.8. The molecule has 0 amide bonds. The number of aryl methyl sites for hydroxylation is 2. The zero-order valence-electron chi connectivity index (χ0n) is 20.2. The van der Waals surface area contributed by atoms with Crippen LogP contribution in [0.3, 0.4) is 0 Å². The molecule has 0 saturated heterocycles. The average molecular weight is 501 g/mol. The third-order valence-electron chi connectivity index (χ3n) is 5.66. The van der Waals surface area contributed by atoms with Crippen molar-refractivity contribution in [1.29, 1.82) is 0 Å². The van der Waals surface area contributed by atoms with E-state index in [-0.39, 0.29) is 18.2 Å². The lowest BCUT2D eigenvalue weighted by Gasteiger charge is -2.14. The summed E-state index contributed by atoms with van der Waals surface area (Å²) in [6.45, 7) is 7.84. The lowest BCUT2D eigenvalue weighted by Crippen LogP contribution is -2.19. The highest BCUT2D eigenvalue weighted by Gasteiger charge is 2.22. The van der Waals surface area contributed by atoms with Gasteiger partial charge in [0.25, 0.3) is 0 Å². The van der Waals surface area contributed by atoms with Crippen molar-refractivity contribution >= 4 is 23.8 Å². The third kappa shape index (κ3) is 6.36. The molecule has 0 aliphatic carbocycles. The predicted molar refractivity (Wildman–Crippen MR) is 136 cm³/mol. The summed E-state index contributed by atoms with van der Waals surface area (Å²) in [6.07, 6.45) is 0.338. The summed E-state index contributed by atoms with van der Waals surface area (Å²) in [6, 6.07) is 10.0. The van der Waals surface area contributed by atoms with Crippen molar-refractivity contribution in [2.45, 2.75) is 58.7 Å². The van der Waals surface area contributed by atoms with Gasteiger partial charge in [-0.25, -0.2) is 9.37 Å². The summed E-state index contributed by atoms with van der Waals surface area (Å²) < 4.78 is 15.6. The maximum absolute atomic E-state index is 13.7. The number of aromatic nitrogens is 2. The molecule has 3 N–H and O–H groups in total. The van der Waals surface area contributed by atoms with E-state index >= 15 is 0 Å². The fourth-order valence-electron chi connectivity index (χ4n) is 4.00. The van der Waals surface area contributed by atoms with Gasteiger partial charge in [0.2, 0.25) is 0 Å². The number of aliphatic hydroxyl groups excluding tert-OH is 2. The third-order valence-corrected chi connectivity index (χ3v) is 6.26. The van der Waals surface area contributed by atoms with Gasteiger partial charge in [-0.2, -0.15) is 0 Å². The SMILES string of the molecule is Cc1cc(-c2nc(C(C)C)n(/C=C/[C@@H](O)C[C@@H](O)CC(=O)O)c2-c2ccc(F)cc2)cc(C)c1Cl. The molecule has 1 heterocycles. The molecule has 0 fully saturated rings. The molecule has 6 nitrogen and oxygen atoms in total. The predicted octanol–water partition coefficient (Wildman–Crippen LogP) is 5.81. The van der Waals surface area contributed by atoms with Gasteiger partial charge < -0.3 is 19.9 Å². The number of aliphatic hydroxyl groups is 2. The van der Waals surface area contributed by atoms with E-state index in [1.165, 1.54) is 18.2 Å². The average Bonchev–Trinajstić information content (AvgIpc) is 3.15. The van der Waals surface area contributed by atoms with E-state index in [1.807, 2.05) is 44.4 Å². The summed E-state index contributed by atoms with van der Waals surface area (Å²) in [7, 11) is 0. The van der Waals surface area contributed by atoms with Crippen LogP contribution in [0.2, 0.25) is 5.02 Å². The van der Waals surface area contributed by atoms with Crippen molar-refractivity contribution in [3.05, 3.63) is 70.3 Å². The lowest BCUT2D eigenvalue weighted by atomic mass is 10.0. The fraction of sp³-hybridized carbons (Fsp3) is 0.333. The fourth-order valence-corrected chi connectivity index (χ4v) is 4.11. The van der Waals surface area contributed by atoms with E-state index in [1.54, 1.807) is 18.3 Å². The Labute approximate surface area is 209 Å². The molecule has 3 rings (SSSR count). The van der Waals surface area contributed by atoms with Crippen molar-refractivity contribution in [1.82, 2.24) is 9.55 Å². The first-order valence-electron chi connectivity index (χ1n) is 11.4. The van der Waals surface area contributed by atoms with Crippen LogP contribution in [-0.2, 0) is 4.79 Å². The Hall–Kier alpha value is -3.00. The Balaban J connectivity index is 2.17. The Morgan fingerprint density at radius 3 is 2.26 bits per heavy atom. The van der Waals surface area contributed by atoms with Crippen LogP contribution in [0, 0.1) is 19.7 Å². The second kappa shape index (κ2) is 11.2. The number of hydrogen-bond donors (Lipinski definition) is 3. The Kier molecular flexibility index (Phi) is 8.48. The molecule has 186 valence electrons. The molecule has 3 aromatic rings. The van der Waals surface area contributed by atoms with Crippen LogP contribution in [-0.4, -0.2) is 43.0 Å². The van der Waals surface area contributed by atoms with Crippen LogP contribution in [0.4, 0.5) is 4.39 Å². The molecule has 8 heteroatoms. The maximum Gasteiger partial charge on any atom is 0.305 e. The Bertz CT molecular complexity index is 1210. The molecule has 0 aliphatic rings. The lowest BCUT2D eigenvalue weighted by molar-refractivity contribution is -0.139. The van der Waals surface area contributed by atoms with Crippen LogP contribution in [0.1, 0.15) is 49.6 Å². The summed E-state index contributed by atoms with van der Waals surface area (Å²) >= 11 is 6.39. The normalized spacial score (nSPS) is 13.5. The largest absolute Gasteiger partial charge is 0.481 e. The van der Waals surface area contributed by atoms with Crippen molar-refractivity contribution in [3.8, 4) is 22.5 Å².